The predicted molar refractivity (Wildman–Crippen MR) is 83.0 cm³/mol. The lowest BCUT2D eigenvalue weighted by Crippen LogP contribution is -2.55. The highest BCUT2D eigenvalue weighted by Crippen LogP contribution is 2.20. The maximum atomic E-state index is 12.4. The fraction of sp³-hybridized carbons (Fsp3) is 0.875. The molecule has 2 rings (SSSR count). The maximum Gasteiger partial charge on any atom is 0.320 e. The van der Waals surface area contributed by atoms with E-state index in [4.69, 9.17) is 0 Å². The molecule has 2 saturated heterocycles. The van der Waals surface area contributed by atoms with E-state index in [1.54, 1.807) is 0 Å². The molecule has 0 saturated carbocycles. The van der Waals surface area contributed by atoms with Crippen LogP contribution in [0.15, 0.2) is 0 Å². The first kappa shape index (κ1) is 16.1. The van der Waals surface area contributed by atoms with Crippen molar-refractivity contribution in [2.45, 2.75) is 46.5 Å². The fourth-order valence-corrected chi connectivity index (χ4v) is 3.00. The standard InChI is InChI=1S/C16H29N3O2/c1-16(2,3)13-14(20)17-9-11-19(12-10-17)15(21)18-7-5-4-6-8-18/h4-13H2,1-3H3. The zero-order valence-corrected chi connectivity index (χ0v) is 13.7. The van der Waals surface area contributed by atoms with Crippen molar-refractivity contribution < 1.29 is 9.59 Å². The van der Waals surface area contributed by atoms with E-state index < -0.39 is 0 Å². The van der Waals surface area contributed by atoms with Crippen LogP contribution in [0.2, 0.25) is 0 Å². The third-order valence-corrected chi connectivity index (χ3v) is 4.21. The average molecular weight is 295 g/mol. The lowest BCUT2D eigenvalue weighted by Gasteiger charge is -2.39. The second-order valence-electron chi connectivity index (χ2n) is 7.44. The molecule has 0 atom stereocenters. The molecule has 21 heavy (non-hydrogen) atoms. The molecule has 0 aromatic carbocycles. The Balaban J connectivity index is 1.80. The van der Waals surface area contributed by atoms with E-state index >= 15 is 0 Å². The monoisotopic (exact) mass is 295 g/mol. The van der Waals surface area contributed by atoms with Crippen LogP contribution in [0, 0.1) is 5.41 Å². The Kier molecular flexibility index (Phi) is 5.12. The number of nitrogens with zero attached hydrogens (tertiary/aromatic N) is 3. The lowest BCUT2D eigenvalue weighted by molar-refractivity contribution is -0.134. The number of carbonyl (C=O) groups is 2. The number of rotatable bonds is 1. The van der Waals surface area contributed by atoms with Crippen molar-refractivity contribution in [1.82, 2.24) is 14.7 Å². The smallest absolute Gasteiger partial charge is 0.320 e. The minimum Gasteiger partial charge on any atom is -0.339 e. The number of hydrogen-bond acceptors (Lipinski definition) is 2. The van der Waals surface area contributed by atoms with Gasteiger partial charge in [0.15, 0.2) is 0 Å². The minimum atomic E-state index is 0.0256. The Bertz CT molecular complexity index is 375. The van der Waals surface area contributed by atoms with Crippen LogP contribution in [-0.4, -0.2) is 65.9 Å². The van der Waals surface area contributed by atoms with Crippen LogP contribution in [0.3, 0.4) is 0 Å². The first-order valence-corrected chi connectivity index (χ1v) is 8.18. The van der Waals surface area contributed by atoms with Gasteiger partial charge < -0.3 is 14.7 Å². The Morgan fingerprint density at radius 2 is 1.24 bits per heavy atom. The van der Waals surface area contributed by atoms with Gasteiger partial charge in [-0.3, -0.25) is 4.79 Å². The van der Waals surface area contributed by atoms with Crippen molar-refractivity contribution >= 4 is 11.9 Å². The molecule has 0 radical (unpaired) electrons. The number of piperazine rings is 1. The van der Waals surface area contributed by atoms with Crippen molar-refractivity contribution in [3.8, 4) is 0 Å². The van der Waals surface area contributed by atoms with Gasteiger partial charge in [0, 0.05) is 45.7 Å². The van der Waals surface area contributed by atoms with Crippen molar-refractivity contribution in [3.05, 3.63) is 0 Å². The number of amides is 3. The molecular weight excluding hydrogens is 266 g/mol. The fourth-order valence-electron chi connectivity index (χ4n) is 3.00. The van der Waals surface area contributed by atoms with Gasteiger partial charge in [0.25, 0.3) is 0 Å². The summed E-state index contributed by atoms with van der Waals surface area (Å²) < 4.78 is 0. The van der Waals surface area contributed by atoms with Crippen LogP contribution in [0.25, 0.3) is 0 Å². The topological polar surface area (TPSA) is 43.9 Å². The number of carbonyl (C=O) groups excluding carboxylic acids is 2. The first-order chi connectivity index (χ1) is 9.87. The van der Waals surface area contributed by atoms with Crippen LogP contribution >= 0.6 is 0 Å². The molecule has 120 valence electrons. The lowest BCUT2D eigenvalue weighted by atomic mass is 9.91. The van der Waals surface area contributed by atoms with Gasteiger partial charge >= 0.3 is 6.03 Å². The zero-order chi connectivity index (χ0) is 15.5. The Labute approximate surface area is 128 Å². The number of piperidine rings is 1. The Morgan fingerprint density at radius 1 is 0.762 bits per heavy atom. The summed E-state index contributed by atoms with van der Waals surface area (Å²) in [7, 11) is 0. The van der Waals surface area contributed by atoms with Crippen LogP contribution in [-0.2, 0) is 4.79 Å². The summed E-state index contributed by atoms with van der Waals surface area (Å²) in [6, 6.07) is 0.164. The van der Waals surface area contributed by atoms with E-state index in [1.165, 1.54) is 6.42 Å². The van der Waals surface area contributed by atoms with Crippen molar-refractivity contribution in [1.29, 1.82) is 0 Å². The summed E-state index contributed by atoms with van der Waals surface area (Å²) in [6.07, 6.45) is 4.05. The van der Waals surface area contributed by atoms with Crippen LogP contribution < -0.4 is 0 Å². The SMILES string of the molecule is CC(C)(C)CC(=O)N1CCN(C(=O)N2CCCCC2)CC1. The van der Waals surface area contributed by atoms with E-state index in [2.05, 4.69) is 20.8 Å². The summed E-state index contributed by atoms with van der Waals surface area (Å²) in [4.78, 5) is 30.4. The molecule has 5 nitrogen and oxygen atoms in total. The van der Waals surface area contributed by atoms with Gasteiger partial charge in [0.1, 0.15) is 0 Å². The summed E-state index contributed by atoms with van der Waals surface area (Å²) in [6.45, 7) is 10.7. The second kappa shape index (κ2) is 6.67. The molecule has 0 N–H and O–H groups in total. The number of hydrogen-bond donors (Lipinski definition) is 0. The van der Waals surface area contributed by atoms with Crippen molar-refractivity contribution in [2.24, 2.45) is 5.41 Å². The van der Waals surface area contributed by atoms with E-state index in [-0.39, 0.29) is 17.4 Å². The van der Waals surface area contributed by atoms with E-state index in [0.717, 1.165) is 25.9 Å². The van der Waals surface area contributed by atoms with Gasteiger partial charge in [-0.05, 0) is 24.7 Å². The van der Waals surface area contributed by atoms with Gasteiger partial charge in [-0.2, -0.15) is 0 Å². The molecule has 0 aliphatic carbocycles. The zero-order valence-electron chi connectivity index (χ0n) is 13.7. The maximum absolute atomic E-state index is 12.4. The van der Waals surface area contributed by atoms with Gasteiger partial charge in [0.2, 0.25) is 5.91 Å². The van der Waals surface area contributed by atoms with Crippen LogP contribution in [0.1, 0.15) is 46.5 Å². The summed E-state index contributed by atoms with van der Waals surface area (Å²) in [5.41, 5.74) is 0.0256. The molecule has 2 aliphatic heterocycles. The van der Waals surface area contributed by atoms with Gasteiger partial charge in [-0.25, -0.2) is 4.79 Å². The highest BCUT2D eigenvalue weighted by molar-refractivity contribution is 5.78. The van der Waals surface area contributed by atoms with E-state index in [1.807, 2.05) is 14.7 Å². The minimum absolute atomic E-state index is 0.0256. The molecule has 3 amide bonds. The molecule has 2 heterocycles. The Morgan fingerprint density at radius 3 is 1.76 bits per heavy atom. The Hall–Kier alpha value is -1.26. The summed E-state index contributed by atoms with van der Waals surface area (Å²) in [5, 5.41) is 0. The van der Waals surface area contributed by atoms with Crippen LogP contribution in [0.4, 0.5) is 4.79 Å². The molecule has 0 bridgehead atoms. The highest BCUT2D eigenvalue weighted by Gasteiger charge is 2.29. The largest absolute Gasteiger partial charge is 0.339 e. The molecule has 5 heteroatoms. The predicted octanol–water partition coefficient (Wildman–Crippen LogP) is 2.17. The third-order valence-electron chi connectivity index (χ3n) is 4.21. The van der Waals surface area contributed by atoms with Crippen molar-refractivity contribution in [2.75, 3.05) is 39.3 Å². The summed E-state index contributed by atoms with van der Waals surface area (Å²) in [5.74, 6) is 0.215. The second-order valence-corrected chi connectivity index (χ2v) is 7.44. The molecular formula is C16H29N3O2. The molecule has 2 aliphatic rings. The van der Waals surface area contributed by atoms with Gasteiger partial charge in [-0.1, -0.05) is 20.8 Å². The first-order valence-electron chi connectivity index (χ1n) is 8.18. The molecule has 2 fully saturated rings. The normalized spacial score (nSPS) is 20.6. The molecule has 0 aromatic rings. The quantitative estimate of drug-likeness (QED) is 0.744. The van der Waals surface area contributed by atoms with Crippen LogP contribution in [0.5, 0.6) is 0 Å². The molecule has 0 spiro atoms. The summed E-state index contributed by atoms with van der Waals surface area (Å²) >= 11 is 0. The van der Waals surface area contributed by atoms with E-state index in [9.17, 15) is 9.59 Å². The highest BCUT2D eigenvalue weighted by atomic mass is 16.2. The molecule has 0 unspecified atom stereocenters. The van der Waals surface area contributed by atoms with Crippen molar-refractivity contribution in [3.63, 3.8) is 0 Å². The molecule has 0 aromatic heterocycles. The van der Waals surface area contributed by atoms with Gasteiger partial charge in [0.05, 0.1) is 0 Å². The number of urea groups is 1. The third kappa shape index (κ3) is 4.61. The number of likely N-dealkylation sites (tertiary alicyclic amines) is 1. The van der Waals surface area contributed by atoms with Gasteiger partial charge in [-0.15, -0.1) is 0 Å². The van der Waals surface area contributed by atoms with E-state index in [0.29, 0.717) is 32.6 Å². The average Bonchev–Trinajstić information content (AvgIpc) is 2.46.